The predicted octanol–water partition coefficient (Wildman–Crippen LogP) is 3.78. The molecule has 1 aliphatic rings. The van der Waals surface area contributed by atoms with Gasteiger partial charge in [0.1, 0.15) is 11.9 Å². The van der Waals surface area contributed by atoms with Crippen LogP contribution in [0.25, 0.3) is 0 Å². The largest absolute Gasteiger partial charge is 0.497 e. The Labute approximate surface area is 143 Å². The topological polar surface area (TPSA) is 64.6 Å². The minimum atomic E-state index is -0.286. The molecule has 1 aromatic rings. The van der Waals surface area contributed by atoms with Gasteiger partial charge in [0.15, 0.2) is 0 Å². The lowest BCUT2D eigenvalue weighted by Gasteiger charge is -2.31. The Balaban J connectivity index is 1.70. The van der Waals surface area contributed by atoms with E-state index >= 15 is 0 Å². The molecule has 1 aliphatic carbocycles. The van der Waals surface area contributed by atoms with Crippen LogP contribution in [0.3, 0.4) is 0 Å². The smallest absolute Gasteiger partial charge is 0.306 e. The molecule has 2 rings (SSSR count). The van der Waals surface area contributed by atoms with Gasteiger partial charge in [-0.2, -0.15) is 0 Å². The van der Waals surface area contributed by atoms with Gasteiger partial charge in [-0.05, 0) is 55.4 Å². The maximum Gasteiger partial charge on any atom is 0.306 e. The van der Waals surface area contributed by atoms with Crippen LogP contribution < -0.4 is 10.1 Å². The first kappa shape index (κ1) is 18.3. The standard InChI is InChI=1S/C19H27NO4/c1-13-4-7-17(12-14(13)2)24-19(22)11-10-18(21)20-15-5-8-16(23-3)9-6-15/h5-6,8-9,13-14,17H,4,7,10-12H2,1-3H3,(H,20,21). The summed E-state index contributed by atoms with van der Waals surface area (Å²) in [5, 5.41) is 2.76. The zero-order chi connectivity index (χ0) is 17.5. The average Bonchev–Trinajstić information content (AvgIpc) is 2.57. The lowest BCUT2D eigenvalue weighted by atomic mass is 9.80. The van der Waals surface area contributed by atoms with Gasteiger partial charge in [-0.1, -0.05) is 13.8 Å². The zero-order valence-corrected chi connectivity index (χ0v) is 14.7. The summed E-state index contributed by atoms with van der Waals surface area (Å²) >= 11 is 0. The number of amides is 1. The summed E-state index contributed by atoms with van der Waals surface area (Å²) < 4.78 is 10.6. The molecule has 0 heterocycles. The van der Waals surface area contributed by atoms with E-state index in [0.29, 0.717) is 17.5 Å². The van der Waals surface area contributed by atoms with Crippen LogP contribution in [0.15, 0.2) is 24.3 Å². The van der Waals surface area contributed by atoms with Crippen LogP contribution in [-0.4, -0.2) is 25.1 Å². The second kappa shape index (κ2) is 8.71. The number of hydrogen-bond donors (Lipinski definition) is 1. The third kappa shape index (κ3) is 5.55. The fourth-order valence-corrected chi connectivity index (χ4v) is 2.96. The highest BCUT2D eigenvalue weighted by molar-refractivity contribution is 5.92. The number of ether oxygens (including phenoxy) is 2. The molecule has 0 aromatic heterocycles. The molecule has 5 nitrogen and oxygen atoms in total. The fraction of sp³-hybridized carbons (Fsp3) is 0.579. The van der Waals surface area contributed by atoms with Gasteiger partial charge in [-0.25, -0.2) is 0 Å². The fourth-order valence-electron chi connectivity index (χ4n) is 2.96. The van der Waals surface area contributed by atoms with Crippen LogP contribution in [0.5, 0.6) is 5.75 Å². The van der Waals surface area contributed by atoms with Gasteiger partial charge in [-0.3, -0.25) is 9.59 Å². The van der Waals surface area contributed by atoms with Crippen molar-refractivity contribution < 1.29 is 19.1 Å². The first-order chi connectivity index (χ1) is 11.5. The van der Waals surface area contributed by atoms with Crippen LogP contribution in [0, 0.1) is 11.8 Å². The van der Waals surface area contributed by atoms with Crippen molar-refractivity contribution in [1.29, 1.82) is 0 Å². The van der Waals surface area contributed by atoms with Crippen LogP contribution in [-0.2, 0) is 14.3 Å². The van der Waals surface area contributed by atoms with E-state index in [9.17, 15) is 9.59 Å². The summed E-state index contributed by atoms with van der Waals surface area (Å²) in [5.41, 5.74) is 0.685. The van der Waals surface area contributed by atoms with Crippen molar-refractivity contribution in [3.05, 3.63) is 24.3 Å². The Morgan fingerprint density at radius 3 is 2.42 bits per heavy atom. The average molecular weight is 333 g/mol. The number of esters is 1. The molecule has 1 N–H and O–H groups in total. The van der Waals surface area contributed by atoms with Gasteiger partial charge >= 0.3 is 5.97 Å². The Morgan fingerprint density at radius 2 is 1.79 bits per heavy atom. The molecule has 0 aliphatic heterocycles. The van der Waals surface area contributed by atoms with E-state index in [-0.39, 0.29) is 30.8 Å². The lowest BCUT2D eigenvalue weighted by molar-refractivity contribution is -0.152. The first-order valence-electron chi connectivity index (χ1n) is 8.61. The van der Waals surface area contributed by atoms with E-state index in [4.69, 9.17) is 9.47 Å². The van der Waals surface area contributed by atoms with Crippen molar-refractivity contribution in [2.75, 3.05) is 12.4 Å². The van der Waals surface area contributed by atoms with Gasteiger partial charge in [0.05, 0.1) is 13.5 Å². The van der Waals surface area contributed by atoms with Crippen molar-refractivity contribution in [2.24, 2.45) is 11.8 Å². The van der Waals surface area contributed by atoms with Gasteiger partial charge < -0.3 is 14.8 Å². The predicted molar refractivity (Wildman–Crippen MR) is 92.9 cm³/mol. The maximum absolute atomic E-state index is 11.9. The van der Waals surface area contributed by atoms with Crippen molar-refractivity contribution in [1.82, 2.24) is 0 Å². The number of rotatable bonds is 6. The van der Waals surface area contributed by atoms with Gasteiger partial charge in [-0.15, -0.1) is 0 Å². The second-order valence-corrected chi connectivity index (χ2v) is 6.66. The molecule has 0 radical (unpaired) electrons. The third-order valence-electron chi connectivity index (χ3n) is 4.78. The number of anilines is 1. The van der Waals surface area contributed by atoms with Gasteiger partial charge in [0.25, 0.3) is 0 Å². The van der Waals surface area contributed by atoms with Crippen molar-refractivity contribution >= 4 is 17.6 Å². The van der Waals surface area contributed by atoms with E-state index in [1.807, 2.05) is 0 Å². The van der Waals surface area contributed by atoms with Crippen molar-refractivity contribution in [3.8, 4) is 5.75 Å². The summed E-state index contributed by atoms with van der Waals surface area (Å²) in [6.45, 7) is 4.44. The number of benzene rings is 1. The van der Waals surface area contributed by atoms with Crippen LogP contribution >= 0.6 is 0 Å². The maximum atomic E-state index is 11.9. The van der Waals surface area contributed by atoms with Crippen LogP contribution in [0.4, 0.5) is 5.69 Å². The first-order valence-corrected chi connectivity index (χ1v) is 8.61. The Bertz CT molecular complexity index is 555. The number of nitrogens with one attached hydrogen (secondary N) is 1. The summed E-state index contributed by atoms with van der Waals surface area (Å²) in [6.07, 6.45) is 3.19. The third-order valence-corrected chi connectivity index (χ3v) is 4.78. The highest BCUT2D eigenvalue weighted by Gasteiger charge is 2.27. The quantitative estimate of drug-likeness (QED) is 0.805. The van der Waals surface area contributed by atoms with Gasteiger partial charge in [0, 0.05) is 12.1 Å². The summed E-state index contributed by atoms with van der Waals surface area (Å²) in [7, 11) is 1.59. The highest BCUT2D eigenvalue weighted by atomic mass is 16.5. The Hall–Kier alpha value is -2.04. The molecular formula is C19H27NO4. The molecule has 0 spiro atoms. The molecule has 3 unspecified atom stereocenters. The number of carbonyl (C=O) groups excluding carboxylic acids is 2. The minimum Gasteiger partial charge on any atom is -0.497 e. The van der Waals surface area contributed by atoms with E-state index in [0.717, 1.165) is 25.0 Å². The van der Waals surface area contributed by atoms with E-state index in [2.05, 4.69) is 19.2 Å². The molecule has 24 heavy (non-hydrogen) atoms. The Morgan fingerprint density at radius 1 is 1.08 bits per heavy atom. The lowest BCUT2D eigenvalue weighted by Crippen LogP contribution is -2.29. The molecule has 3 atom stereocenters. The second-order valence-electron chi connectivity index (χ2n) is 6.66. The normalized spacial score (nSPS) is 23.4. The number of methoxy groups -OCH3 is 1. The van der Waals surface area contributed by atoms with E-state index in [1.54, 1.807) is 31.4 Å². The van der Waals surface area contributed by atoms with Crippen molar-refractivity contribution in [3.63, 3.8) is 0 Å². The van der Waals surface area contributed by atoms with E-state index < -0.39 is 0 Å². The number of carbonyl (C=O) groups is 2. The van der Waals surface area contributed by atoms with Gasteiger partial charge in [0.2, 0.25) is 5.91 Å². The monoisotopic (exact) mass is 333 g/mol. The molecule has 0 saturated heterocycles. The van der Waals surface area contributed by atoms with Crippen LogP contribution in [0.2, 0.25) is 0 Å². The van der Waals surface area contributed by atoms with Crippen LogP contribution in [0.1, 0.15) is 46.0 Å². The van der Waals surface area contributed by atoms with Crippen molar-refractivity contribution in [2.45, 2.75) is 52.1 Å². The molecular weight excluding hydrogens is 306 g/mol. The molecule has 5 heteroatoms. The molecule has 0 bridgehead atoms. The summed E-state index contributed by atoms with van der Waals surface area (Å²) in [6, 6.07) is 7.07. The highest BCUT2D eigenvalue weighted by Crippen LogP contribution is 2.31. The number of hydrogen-bond acceptors (Lipinski definition) is 4. The summed E-state index contributed by atoms with van der Waals surface area (Å²) in [4.78, 5) is 23.8. The zero-order valence-electron chi connectivity index (χ0n) is 14.7. The van der Waals surface area contributed by atoms with E-state index in [1.165, 1.54) is 0 Å². The molecule has 1 aromatic carbocycles. The minimum absolute atomic E-state index is 0.00773. The summed E-state index contributed by atoms with van der Waals surface area (Å²) in [5.74, 6) is 1.52. The Kier molecular flexibility index (Phi) is 6.64. The molecule has 132 valence electrons. The SMILES string of the molecule is COc1ccc(NC(=O)CCC(=O)OC2CCC(C)C(C)C2)cc1. The molecule has 1 amide bonds. The molecule has 1 saturated carbocycles. The molecule has 1 fully saturated rings.